The van der Waals surface area contributed by atoms with Crippen molar-refractivity contribution in [3.63, 3.8) is 0 Å². The van der Waals surface area contributed by atoms with E-state index < -0.39 is 0 Å². The standard InChI is InChI=1S/C33H22N2/c1-3-23-25-13-9-10-16-28(25)33-34-30-20-22(17-18-32(30)35(33)31(23)4-2)29-19-21-11-5-6-12-24(21)26-14-7-8-15-27(26)29/h3-20H,1-2H2. The summed E-state index contributed by atoms with van der Waals surface area (Å²) < 4.78 is 2.21. The highest BCUT2D eigenvalue weighted by Crippen LogP contribution is 2.37. The van der Waals surface area contributed by atoms with Crippen LogP contribution in [0, 0.1) is 0 Å². The monoisotopic (exact) mass is 446 g/mol. The van der Waals surface area contributed by atoms with Crippen LogP contribution in [0.2, 0.25) is 0 Å². The maximum absolute atomic E-state index is 5.14. The lowest BCUT2D eigenvalue weighted by atomic mass is 9.93. The van der Waals surface area contributed by atoms with E-state index in [1.165, 1.54) is 27.1 Å². The van der Waals surface area contributed by atoms with Gasteiger partial charge in [0.15, 0.2) is 0 Å². The van der Waals surface area contributed by atoms with Gasteiger partial charge in [0.1, 0.15) is 5.65 Å². The molecule has 0 aliphatic carbocycles. The van der Waals surface area contributed by atoms with Crippen LogP contribution in [0.3, 0.4) is 0 Å². The molecule has 0 aliphatic heterocycles. The average molecular weight is 447 g/mol. The number of hydrogen-bond donors (Lipinski definition) is 0. The third-order valence-electron chi connectivity index (χ3n) is 7.11. The van der Waals surface area contributed by atoms with Crippen LogP contribution in [0.15, 0.2) is 110 Å². The summed E-state index contributed by atoms with van der Waals surface area (Å²) in [5.74, 6) is 0. The van der Waals surface area contributed by atoms with Crippen molar-refractivity contribution >= 4 is 61.1 Å². The van der Waals surface area contributed by atoms with Crippen molar-refractivity contribution < 1.29 is 0 Å². The van der Waals surface area contributed by atoms with Crippen molar-refractivity contribution in [1.82, 2.24) is 9.38 Å². The van der Waals surface area contributed by atoms with Crippen LogP contribution in [0.25, 0.3) is 72.3 Å². The lowest BCUT2D eigenvalue weighted by Crippen LogP contribution is -1.97. The predicted octanol–water partition coefficient (Wildman–Crippen LogP) is 8.90. The molecule has 0 saturated carbocycles. The Balaban J connectivity index is 1.58. The highest BCUT2D eigenvalue weighted by molar-refractivity contribution is 6.14. The molecule has 0 fully saturated rings. The largest absolute Gasteiger partial charge is 0.292 e. The van der Waals surface area contributed by atoms with Crippen LogP contribution in [-0.4, -0.2) is 9.38 Å². The van der Waals surface area contributed by atoms with Gasteiger partial charge in [-0.15, -0.1) is 0 Å². The topological polar surface area (TPSA) is 17.3 Å². The number of rotatable bonds is 3. The van der Waals surface area contributed by atoms with Gasteiger partial charge in [0.05, 0.1) is 16.7 Å². The molecule has 2 heterocycles. The van der Waals surface area contributed by atoms with E-state index in [2.05, 4.69) is 115 Å². The van der Waals surface area contributed by atoms with E-state index in [0.29, 0.717) is 0 Å². The smallest absolute Gasteiger partial charge is 0.146 e. The Bertz CT molecular complexity index is 1990. The van der Waals surface area contributed by atoms with Crippen molar-refractivity contribution in [2.45, 2.75) is 0 Å². The zero-order valence-electron chi connectivity index (χ0n) is 19.2. The minimum absolute atomic E-state index is 0.941. The van der Waals surface area contributed by atoms with Crippen molar-refractivity contribution in [3.8, 4) is 11.1 Å². The van der Waals surface area contributed by atoms with Gasteiger partial charge >= 0.3 is 0 Å². The molecule has 5 aromatic carbocycles. The first-order valence-corrected chi connectivity index (χ1v) is 11.8. The minimum atomic E-state index is 0.941. The molecule has 0 amide bonds. The predicted molar refractivity (Wildman–Crippen MR) is 151 cm³/mol. The fourth-order valence-electron chi connectivity index (χ4n) is 5.55. The second-order valence-electron chi connectivity index (χ2n) is 8.92. The number of hydrogen-bond acceptors (Lipinski definition) is 1. The molecule has 0 unspecified atom stereocenters. The summed E-state index contributed by atoms with van der Waals surface area (Å²) in [5, 5.41) is 7.29. The summed E-state index contributed by atoms with van der Waals surface area (Å²) in [6.07, 6.45) is 3.82. The van der Waals surface area contributed by atoms with E-state index >= 15 is 0 Å². The Morgan fingerprint density at radius 3 is 2.09 bits per heavy atom. The Morgan fingerprint density at radius 1 is 0.629 bits per heavy atom. The molecule has 0 radical (unpaired) electrons. The number of aromatic nitrogens is 2. The first-order chi connectivity index (χ1) is 17.3. The quantitative estimate of drug-likeness (QED) is 0.248. The van der Waals surface area contributed by atoms with E-state index in [9.17, 15) is 0 Å². The van der Waals surface area contributed by atoms with Crippen LogP contribution in [0.5, 0.6) is 0 Å². The normalized spacial score (nSPS) is 11.7. The Kier molecular flexibility index (Phi) is 4.18. The van der Waals surface area contributed by atoms with E-state index in [-0.39, 0.29) is 0 Å². The lowest BCUT2D eigenvalue weighted by Gasteiger charge is -2.12. The summed E-state index contributed by atoms with van der Waals surface area (Å²) in [7, 11) is 0. The van der Waals surface area contributed by atoms with Crippen LogP contribution in [0.1, 0.15) is 11.3 Å². The van der Waals surface area contributed by atoms with Gasteiger partial charge in [0.25, 0.3) is 0 Å². The van der Waals surface area contributed by atoms with E-state index in [1.807, 2.05) is 12.2 Å². The SMILES string of the molecule is C=Cc1c(C=C)n2c3ccc(-c4cc5ccccc5c5ccccc45)cc3nc2c2ccccc12. The molecule has 0 bridgehead atoms. The van der Waals surface area contributed by atoms with E-state index in [4.69, 9.17) is 4.98 Å². The zero-order chi connectivity index (χ0) is 23.5. The summed E-state index contributed by atoms with van der Waals surface area (Å²) in [6, 6.07) is 34.6. The number of imidazole rings is 1. The Morgan fingerprint density at radius 2 is 1.31 bits per heavy atom. The van der Waals surface area contributed by atoms with Crippen LogP contribution in [-0.2, 0) is 0 Å². The molecular formula is C33H22N2. The number of fused-ring (bicyclic) bond motifs is 8. The fourth-order valence-corrected chi connectivity index (χ4v) is 5.55. The second-order valence-corrected chi connectivity index (χ2v) is 8.92. The van der Waals surface area contributed by atoms with Crippen molar-refractivity contribution in [2.75, 3.05) is 0 Å². The number of nitrogens with zero attached hydrogens (tertiary/aromatic N) is 2. The van der Waals surface area contributed by atoms with Crippen LogP contribution in [0.4, 0.5) is 0 Å². The van der Waals surface area contributed by atoms with E-state index in [1.54, 1.807) is 0 Å². The first kappa shape index (κ1) is 19.7. The maximum atomic E-state index is 5.14. The van der Waals surface area contributed by atoms with Gasteiger partial charge in [0.2, 0.25) is 0 Å². The molecule has 2 nitrogen and oxygen atoms in total. The van der Waals surface area contributed by atoms with Crippen LogP contribution < -0.4 is 0 Å². The third kappa shape index (κ3) is 2.74. The molecule has 7 aromatic rings. The molecule has 2 heteroatoms. The average Bonchev–Trinajstić information content (AvgIpc) is 3.30. The van der Waals surface area contributed by atoms with Gasteiger partial charge in [-0.3, -0.25) is 4.40 Å². The molecule has 0 aliphatic rings. The Labute approximate surface area is 203 Å². The molecule has 0 saturated heterocycles. The summed E-state index contributed by atoms with van der Waals surface area (Å²) in [4.78, 5) is 5.14. The lowest BCUT2D eigenvalue weighted by molar-refractivity contribution is 1.21. The Hall–Kier alpha value is -4.69. The molecular weight excluding hydrogens is 424 g/mol. The third-order valence-corrected chi connectivity index (χ3v) is 7.11. The van der Waals surface area contributed by atoms with Gasteiger partial charge < -0.3 is 0 Å². The summed E-state index contributed by atoms with van der Waals surface area (Å²) >= 11 is 0. The summed E-state index contributed by atoms with van der Waals surface area (Å²) in [5.41, 5.74) is 7.45. The van der Waals surface area contributed by atoms with Crippen molar-refractivity contribution in [2.24, 2.45) is 0 Å². The highest BCUT2D eigenvalue weighted by Gasteiger charge is 2.16. The molecule has 164 valence electrons. The zero-order valence-corrected chi connectivity index (χ0v) is 19.2. The summed E-state index contributed by atoms with van der Waals surface area (Å²) in [6.45, 7) is 8.20. The van der Waals surface area contributed by atoms with Crippen LogP contribution >= 0.6 is 0 Å². The van der Waals surface area contributed by atoms with Crippen molar-refractivity contribution in [1.29, 1.82) is 0 Å². The number of benzene rings is 5. The van der Waals surface area contributed by atoms with Gasteiger partial charge in [-0.2, -0.15) is 0 Å². The molecule has 0 spiro atoms. The van der Waals surface area contributed by atoms with Crippen molar-refractivity contribution in [3.05, 3.63) is 121 Å². The van der Waals surface area contributed by atoms with E-state index in [0.717, 1.165) is 44.3 Å². The molecule has 7 rings (SSSR count). The van der Waals surface area contributed by atoms with Gasteiger partial charge in [-0.25, -0.2) is 4.98 Å². The molecule has 0 N–H and O–H groups in total. The number of pyridine rings is 1. The molecule has 0 atom stereocenters. The minimum Gasteiger partial charge on any atom is -0.292 e. The van der Waals surface area contributed by atoms with Gasteiger partial charge in [0, 0.05) is 10.9 Å². The first-order valence-electron chi connectivity index (χ1n) is 11.8. The second kappa shape index (κ2) is 7.41. The highest BCUT2D eigenvalue weighted by atomic mass is 15.0. The molecule has 35 heavy (non-hydrogen) atoms. The maximum Gasteiger partial charge on any atom is 0.146 e. The van der Waals surface area contributed by atoms with Gasteiger partial charge in [-0.1, -0.05) is 98.1 Å². The van der Waals surface area contributed by atoms with Gasteiger partial charge in [-0.05, 0) is 62.3 Å². The molecule has 2 aromatic heterocycles. The fraction of sp³-hybridized carbons (Fsp3) is 0.